The van der Waals surface area contributed by atoms with Crippen LogP contribution in [0.15, 0.2) is 36.9 Å². The van der Waals surface area contributed by atoms with Crippen molar-refractivity contribution in [2.24, 2.45) is 0 Å². The molecule has 0 N–H and O–H groups in total. The minimum atomic E-state index is 0.789. The Balaban J connectivity index is 2.19. The van der Waals surface area contributed by atoms with E-state index < -0.39 is 0 Å². The maximum atomic E-state index is 4.04. The van der Waals surface area contributed by atoms with Crippen LogP contribution in [0, 0.1) is 3.57 Å². The summed E-state index contributed by atoms with van der Waals surface area (Å²) in [5, 5.41) is 4.04. The number of halogens is 1. The maximum absolute atomic E-state index is 4.04. The third kappa shape index (κ3) is 2.27. The van der Waals surface area contributed by atoms with Crippen LogP contribution in [0.3, 0.4) is 0 Å². The van der Waals surface area contributed by atoms with Gasteiger partial charge in [-0.2, -0.15) is 5.10 Å². The predicted octanol–water partition coefficient (Wildman–Crippen LogP) is 1.93. The molecule has 4 heteroatoms. The lowest BCUT2D eigenvalue weighted by Gasteiger charge is -2.00. The van der Waals surface area contributed by atoms with Crippen LogP contribution >= 0.6 is 22.6 Å². The fourth-order valence-electron chi connectivity index (χ4n) is 1.14. The molecule has 0 bridgehead atoms. The number of aromatic nitrogens is 3. The van der Waals surface area contributed by atoms with Gasteiger partial charge in [-0.3, -0.25) is 0 Å². The molecule has 2 rings (SSSR count). The zero-order chi connectivity index (χ0) is 9.10. The predicted molar refractivity (Wildman–Crippen MR) is 58.3 cm³/mol. The van der Waals surface area contributed by atoms with Gasteiger partial charge < -0.3 is 0 Å². The first-order valence-electron chi connectivity index (χ1n) is 3.91. The summed E-state index contributed by atoms with van der Waals surface area (Å²) in [6.07, 6.45) is 3.27. The number of benzene rings is 1. The summed E-state index contributed by atoms with van der Waals surface area (Å²) in [5.74, 6) is 0. The van der Waals surface area contributed by atoms with Crippen molar-refractivity contribution in [2.45, 2.75) is 6.54 Å². The molecule has 1 heterocycles. The molecule has 66 valence electrons. The van der Waals surface area contributed by atoms with Crippen molar-refractivity contribution < 1.29 is 0 Å². The van der Waals surface area contributed by atoms with E-state index in [2.05, 4.69) is 50.9 Å². The van der Waals surface area contributed by atoms with E-state index in [1.165, 1.54) is 9.13 Å². The molecule has 0 atom stereocenters. The molecule has 0 amide bonds. The standard InChI is InChI=1S/C9H8IN3/c10-9-3-1-2-8(4-9)5-13-7-11-6-12-13/h1-4,6-7H,5H2. The second-order valence-electron chi connectivity index (χ2n) is 2.72. The van der Waals surface area contributed by atoms with Crippen LogP contribution in [0.1, 0.15) is 5.56 Å². The Bertz CT molecular complexity index is 384. The third-order valence-electron chi connectivity index (χ3n) is 1.70. The average Bonchev–Trinajstić information content (AvgIpc) is 2.57. The summed E-state index contributed by atoms with van der Waals surface area (Å²) in [6.45, 7) is 0.789. The maximum Gasteiger partial charge on any atom is 0.137 e. The van der Waals surface area contributed by atoms with Crippen molar-refractivity contribution in [2.75, 3.05) is 0 Å². The number of rotatable bonds is 2. The summed E-state index contributed by atoms with van der Waals surface area (Å²) in [4.78, 5) is 3.89. The van der Waals surface area contributed by atoms with Gasteiger partial charge >= 0.3 is 0 Å². The van der Waals surface area contributed by atoms with Gasteiger partial charge in [-0.1, -0.05) is 12.1 Å². The Kier molecular flexibility index (Phi) is 2.58. The zero-order valence-corrected chi connectivity index (χ0v) is 9.05. The normalized spacial score (nSPS) is 10.2. The van der Waals surface area contributed by atoms with E-state index in [-0.39, 0.29) is 0 Å². The van der Waals surface area contributed by atoms with Crippen molar-refractivity contribution >= 4 is 22.6 Å². The molecule has 13 heavy (non-hydrogen) atoms. The lowest BCUT2D eigenvalue weighted by atomic mass is 10.2. The van der Waals surface area contributed by atoms with Crippen molar-refractivity contribution in [3.8, 4) is 0 Å². The van der Waals surface area contributed by atoms with Crippen LogP contribution in [-0.4, -0.2) is 14.8 Å². The summed E-state index contributed by atoms with van der Waals surface area (Å²) in [5.41, 5.74) is 1.25. The topological polar surface area (TPSA) is 30.7 Å². The Labute approximate surface area is 89.9 Å². The quantitative estimate of drug-likeness (QED) is 0.789. The molecule has 0 saturated carbocycles. The van der Waals surface area contributed by atoms with Gasteiger partial charge in [0, 0.05) is 3.57 Å². The van der Waals surface area contributed by atoms with Gasteiger partial charge in [0.2, 0.25) is 0 Å². The van der Waals surface area contributed by atoms with E-state index in [0.717, 1.165) is 6.54 Å². The molecule has 2 aromatic rings. The van der Waals surface area contributed by atoms with Crippen molar-refractivity contribution in [1.29, 1.82) is 0 Å². The molecule has 0 unspecified atom stereocenters. The fourth-order valence-corrected chi connectivity index (χ4v) is 1.74. The molecular weight excluding hydrogens is 277 g/mol. The third-order valence-corrected chi connectivity index (χ3v) is 2.37. The molecule has 0 aliphatic rings. The molecule has 0 spiro atoms. The highest BCUT2D eigenvalue weighted by atomic mass is 127. The van der Waals surface area contributed by atoms with Crippen LogP contribution in [0.5, 0.6) is 0 Å². The minimum absolute atomic E-state index is 0.789. The highest BCUT2D eigenvalue weighted by molar-refractivity contribution is 14.1. The Morgan fingerprint density at radius 2 is 2.31 bits per heavy atom. The van der Waals surface area contributed by atoms with Gasteiger partial charge in [0.25, 0.3) is 0 Å². The van der Waals surface area contributed by atoms with E-state index in [4.69, 9.17) is 0 Å². The summed E-state index contributed by atoms with van der Waals surface area (Å²) in [7, 11) is 0. The number of hydrogen-bond donors (Lipinski definition) is 0. The molecule has 0 aliphatic carbocycles. The monoisotopic (exact) mass is 285 g/mol. The first-order valence-corrected chi connectivity index (χ1v) is 4.99. The summed E-state index contributed by atoms with van der Waals surface area (Å²) in [6, 6.07) is 8.35. The number of hydrogen-bond acceptors (Lipinski definition) is 2. The van der Waals surface area contributed by atoms with E-state index in [9.17, 15) is 0 Å². The van der Waals surface area contributed by atoms with Crippen molar-refractivity contribution in [3.05, 3.63) is 46.1 Å². The average molecular weight is 285 g/mol. The van der Waals surface area contributed by atoms with Crippen molar-refractivity contribution in [3.63, 3.8) is 0 Å². The Morgan fingerprint density at radius 3 is 3.00 bits per heavy atom. The van der Waals surface area contributed by atoms with E-state index in [0.29, 0.717) is 0 Å². The molecular formula is C9H8IN3. The summed E-state index contributed by atoms with van der Waals surface area (Å²) >= 11 is 2.30. The SMILES string of the molecule is Ic1cccc(Cn2cncn2)c1. The smallest absolute Gasteiger partial charge is 0.137 e. The van der Waals surface area contributed by atoms with Crippen LogP contribution < -0.4 is 0 Å². The number of nitrogens with zero attached hydrogens (tertiary/aromatic N) is 3. The first kappa shape index (κ1) is 8.68. The van der Waals surface area contributed by atoms with Crippen LogP contribution in [0.25, 0.3) is 0 Å². The molecule has 0 aliphatic heterocycles. The highest BCUT2D eigenvalue weighted by Crippen LogP contribution is 2.08. The van der Waals surface area contributed by atoms with Gasteiger partial charge in [-0.25, -0.2) is 9.67 Å². The molecule has 1 aromatic heterocycles. The molecule has 3 nitrogen and oxygen atoms in total. The molecule has 1 aromatic carbocycles. The molecule has 0 saturated heterocycles. The van der Waals surface area contributed by atoms with Crippen molar-refractivity contribution in [1.82, 2.24) is 14.8 Å². The van der Waals surface area contributed by atoms with Crippen LogP contribution in [0.2, 0.25) is 0 Å². The van der Waals surface area contributed by atoms with Gasteiger partial charge in [0.05, 0.1) is 6.54 Å². The Morgan fingerprint density at radius 1 is 1.38 bits per heavy atom. The van der Waals surface area contributed by atoms with Crippen LogP contribution in [0.4, 0.5) is 0 Å². The van der Waals surface area contributed by atoms with E-state index >= 15 is 0 Å². The second kappa shape index (κ2) is 3.87. The highest BCUT2D eigenvalue weighted by Gasteiger charge is 1.95. The van der Waals surface area contributed by atoms with E-state index in [1.807, 2.05) is 10.7 Å². The van der Waals surface area contributed by atoms with E-state index in [1.54, 1.807) is 12.7 Å². The zero-order valence-electron chi connectivity index (χ0n) is 6.89. The molecule has 0 radical (unpaired) electrons. The van der Waals surface area contributed by atoms with Gasteiger partial charge in [-0.15, -0.1) is 0 Å². The largest absolute Gasteiger partial charge is 0.249 e. The van der Waals surface area contributed by atoms with Gasteiger partial charge in [-0.05, 0) is 40.3 Å². The minimum Gasteiger partial charge on any atom is -0.249 e. The molecule has 0 fully saturated rings. The van der Waals surface area contributed by atoms with Gasteiger partial charge in [0.1, 0.15) is 12.7 Å². The Hall–Kier alpha value is -0.910. The second-order valence-corrected chi connectivity index (χ2v) is 3.97. The van der Waals surface area contributed by atoms with Crippen LogP contribution in [-0.2, 0) is 6.54 Å². The lowest BCUT2D eigenvalue weighted by Crippen LogP contribution is -1.99. The summed E-state index contributed by atoms with van der Waals surface area (Å²) < 4.78 is 3.06. The first-order chi connectivity index (χ1) is 6.34. The van der Waals surface area contributed by atoms with Gasteiger partial charge in [0.15, 0.2) is 0 Å². The lowest BCUT2D eigenvalue weighted by molar-refractivity contribution is 0.684. The fraction of sp³-hybridized carbons (Fsp3) is 0.111.